The van der Waals surface area contributed by atoms with Gasteiger partial charge in [-0.05, 0) is 60.7 Å². The zero-order valence-electron chi connectivity index (χ0n) is 13.9. The summed E-state index contributed by atoms with van der Waals surface area (Å²) in [4.78, 5) is 23.6. The number of carbonyl (C=O) groups excluding carboxylic acids is 2. The Morgan fingerprint density at radius 1 is 0.923 bits per heavy atom. The van der Waals surface area contributed by atoms with Gasteiger partial charge in [0.15, 0.2) is 5.78 Å². The van der Waals surface area contributed by atoms with Crippen molar-refractivity contribution in [3.63, 3.8) is 0 Å². The van der Waals surface area contributed by atoms with Gasteiger partial charge in [-0.25, -0.2) is 9.18 Å². The number of rotatable bonds is 6. The van der Waals surface area contributed by atoms with Crippen molar-refractivity contribution in [2.24, 2.45) is 0 Å². The number of carbonyl (C=O) groups is 2. The van der Waals surface area contributed by atoms with Crippen molar-refractivity contribution in [2.45, 2.75) is 6.61 Å². The summed E-state index contributed by atoms with van der Waals surface area (Å²) in [5, 5.41) is 0. The van der Waals surface area contributed by atoms with Gasteiger partial charge in [0.1, 0.15) is 23.9 Å². The Morgan fingerprint density at radius 2 is 1.54 bits per heavy atom. The van der Waals surface area contributed by atoms with Crippen molar-refractivity contribution in [1.29, 1.82) is 0 Å². The van der Waals surface area contributed by atoms with E-state index in [9.17, 15) is 14.0 Å². The zero-order valence-corrected chi connectivity index (χ0v) is 13.9. The Balaban J connectivity index is 1.62. The van der Waals surface area contributed by atoms with Crippen LogP contribution in [-0.4, -0.2) is 18.9 Å². The number of benzene rings is 2. The first kappa shape index (κ1) is 17.4. The monoisotopic (exact) mass is 354 g/mol. The number of halogens is 1. The smallest absolute Gasteiger partial charge is 0.373 e. The molecule has 2 aromatic carbocycles. The number of ketones is 1. The minimum absolute atomic E-state index is 0.103. The van der Waals surface area contributed by atoms with Gasteiger partial charge in [0.25, 0.3) is 0 Å². The van der Waals surface area contributed by atoms with E-state index in [1.807, 2.05) is 0 Å². The van der Waals surface area contributed by atoms with Crippen molar-refractivity contribution in [2.75, 3.05) is 7.11 Å². The van der Waals surface area contributed by atoms with E-state index in [-0.39, 0.29) is 18.2 Å². The summed E-state index contributed by atoms with van der Waals surface area (Å²) >= 11 is 0. The summed E-state index contributed by atoms with van der Waals surface area (Å²) in [5.74, 6) is -0.0383. The molecule has 3 aromatic rings. The predicted octanol–water partition coefficient (Wildman–Crippen LogP) is 4.02. The van der Waals surface area contributed by atoms with Crippen molar-refractivity contribution in [3.8, 4) is 5.75 Å². The highest BCUT2D eigenvalue weighted by molar-refractivity contribution is 6.09. The molecule has 1 aromatic heterocycles. The van der Waals surface area contributed by atoms with Crippen LogP contribution < -0.4 is 4.74 Å². The Labute approximate surface area is 149 Å². The number of esters is 1. The highest BCUT2D eigenvalue weighted by Gasteiger charge is 2.12. The topological polar surface area (TPSA) is 65.7 Å². The summed E-state index contributed by atoms with van der Waals surface area (Å²) in [5.41, 5.74) is 0.876. The van der Waals surface area contributed by atoms with Crippen LogP contribution in [0, 0.1) is 5.82 Å². The van der Waals surface area contributed by atoms with Gasteiger partial charge in [0.05, 0.1) is 7.11 Å². The van der Waals surface area contributed by atoms with Crippen LogP contribution in [0.5, 0.6) is 5.75 Å². The summed E-state index contributed by atoms with van der Waals surface area (Å²) in [6.45, 7) is 0.127. The normalized spacial score (nSPS) is 10.4. The zero-order chi connectivity index (χ0) is 18.5. The molecule has 0 saturated heterocycles. The molecule has 0 radical (unpaired) electrons. The number of methoxy groups -OCH3 is 1. The van der Waals surface area contributed by atoms with Gasteiger partial charge in [-0.1, -0.05) is 0 Å². The van der Waals surface area contributed by atoms with E-state index >= 15 is 0 Å². The second-order valence-electron chi connectivity index (χ2n) is 5.41. The van der Waals surface area contributed by atoms with E-state index in [0.717, 1.165) is 0 Å². The quantitative estimate of drug-likeness (QED) is 0.494. The lowest BCUT2D eigenvalue weighted by Crippen LogP contribution is -2.01. The molecule has 26 heavy (non-hydrogen) atoms. The Hall–Kier alpha value is -3.41. The van der Waals surface area contributed by atoms with Gasteiger partial charge in [0.2, 0.25) is 5.76 Å². The maximum atomic E-state index is 12.9. The first-order valence-electron chi connectivity index (χ1n) is 7.77. The number of ether oxygens (including phenoxy) is 2. The standard InChI is InChI=1S/C20H15FO5/c1-24-20(23)18-11-10-17(26-18)12-25-16-8-4-14(5-9-16)19(22)13-2-6-15(21)7-3-13/h2-11H,12H2,1H3. The fourth-order valence-corrected chi connectivity index (χ4v) is 2.29. The lowest BCUT2D eigenvalue weighted by Gasteiger charge is -2.06. The SMILES string of the molecule is COC(=O)c1ccc(COc2ccc(C(=O)c3ccc(F)cc3)cc2)o1. The molecule has 0 unspecified atom stereocenters. The van der Waals surface area contributed by atoms with Gasteiger partial charge >= 0.3 is 5.97 Å². The molecule has 0 atom stereocenters. The fraction of sp³-hybridized carbons (Fsp3) is 0.100. The number of furan rings is 1. The molecule has 3 rings (SSSR count). The first-order valence-corrected chi connectivity index (χ1v) is 7.77. The minimum atomic E-state index is -0.556. The maximum Gasteiger partial charge on any atom is 0.373 e. The molecule has 1 heterocycles. The molecular weight excluding hydrogens is 339 g/mol. The summed E-state index contributed by atoms with van der Waals surface area (Å²) in [7, 11) is 1.27. The van der Waals surface area contributed by atoms with Crippen LogP contribution in [0.3, 0.4) is 0 Å². The Morgan fingerprint density at radius 3 is 2.15 bits per heavy atom. The van der Waals surface area contributed by atoms with E-state index in [0.29, 0.717) is 22.6 Å². The number of hydrogen-bond donors (Lipinski definition) is 0. The van der Waals surface area contributed by atoms with E-state index < -0.39 is 11.8 Å². The van der Waals surface area contributed by atoms with Gasteiger partial charge in [-0.2, -0.15) is 0 Å². The van der Waals surface area contributed by atoms with Crippen LogP contribution in [0.2, 0.25) is 0 Å². The van der Waals surface area contributed by atoms with Crippen molar-refractivity contribution in [1.82, 2.24) is 0 Å². The van der Waals surface area contributed by atoms with Crippen LogP contribution in [0.1, 0.15) is 32.2 Å². The lowest BCUT2D eigenvalue weighted by atomic mass is 10.0. The number of hydrogen-bond acceptors (Lipinski definition) is 5. The molecule has 0 saturated carbocycles. The van der Waals surface area contributed by atoms with E-state index in [2.05, 4.69) is 4.74 Å². The van der Waals surface area contributed by atoms with E-state index in [4.69, 9.17) is 9.15 Å². The Kier molecular flexibility index (Phi) is 5.12. The Bertz CT molecular complexity index is 910. The molecule has 0 bridgehead atoms. The van der Waals surface area contributed by atoms with Gasteiger partial charge in [-0.15, -0.1) is 0 Å². The predicted molar refractivity (Wildman–Crippen MR) is 90.7 cm³/mol. The van der Waals surface area contributed by atoms with Crippen molar-refractivity contribution in [3.05, 3.63) is 89.1 Å². The molecule has 0 fully saturated rings. The first-order chi connectivity index (χ1) is 12.6. The highest BCUT2D eigenvalue weighted by Crippen LogP contribution is 2.18. The second-order valence-corrected chi connectivity index (χ2v) is 5.41. The summed E-state index contributed by atoms with van der Waals surface area (Å²) < 4.78 is 28.4. The molecule has 0 N–H and O–H groups in total. The van der Waals surface area contributed by atoms with Gasteiger partial charge < -0.3 is 13.9 Å². The second kappa shape index (κ2) is 7.65. The maximum absolute atomic E-state index is 12.9. The van der Waals surface area contributed by atoms with Crippen LogP contribution in [-0.2, 0) is 11.3 Å². The molecule has 0 aliphatic heterocycles. The molecule has 0 amide bonds. The molecule has 6 heteroatoms. The molecular formula is C20H15FO5. The van der Waals surface area contributed by atoms with Crippen molar-refractivity contribution >= 4 is 11.8 Å². The summed E-state index contributed by atoms with van der Waals surface area (Å²) in [6.07, 6.45) is 0. The van der Waals surface area contributed by atoms with Crippen LogP contribution in [0.25, 0.3) is 0 Å². The highest BCUT2D eigenvalue weighted by atomic mass is 19.1. The largest absolute Gasteiger partial charge is 0.486 e. The van der Waals surface area contributed by atoms with Crippen LogP contribution in [0.15, 0.2) is 65.1 Å². The fourth-order valence-electron chi connectivity index (χ4n) is 2.29. The molecule has 5 nitrogen and oxygen atoms in total. The summed E-state index contributed by atoms with van der Waals surface area (Å²) in [6, 6.07) is 15.1. The average Bonchev–Trinajstić information content (AvgIpc) is 3.15. The molecule has 132 valence electrons. The lowest BCUT2D eigenvalue weighted by molar-refractivity contribution is 0.0561. The van der Waals surface area contributed by atoms with Crippen LogP contribution in [0.4, 0.5) is 4.39 Å². The van der Waals surface area contributed by atoms with Crippen molar-refractivity contribution < 1.29 is 27.9 Å². The van der Waals surface area contributed by atoms with Gasteiger partial charge in [0, 0.05) is 11.1 Å². The molecule has 0 spiro atoms. The third-order valence-electron chi connectivity index (χ3n) is 3.65. The van der Waals surface area contributed by atoms with E-state index in [1.54, 1.807) is 30.3 Å². The minimum Gasteiger partial charge on any atom is -0.486 e. The van der Waals surface area contributed by atoms with Gasteiger partial charge in [-0.3, -0.25) is 4.79 Å². The third kappa shape index (κ3) is 3.97. The van der Waals surface area contributed by atoms with E-state index in [1.165, 1.54) is 37.4 Å². The van der Waals surface area contributed by atoms with Crippen LogP contribution >= 0.6 is 0 Å². The molecule has 0 aliphatic rings. The molecule has 0 aliphatic carbocycles. The third-order valence-corrected chi connectivity index (χ3v) is 3.65. The average molecular weight is 354 g/mol.